The number of carbonyl (C=O) groups is 1. The molecule has 0 fully saturated rings. The van der Waals surface area contributed by atoms with Gasteiger partial charge in [0.05, 0.1) is 3.57 Å². The first-order valence-electron chi connectivity index (χ1n) is 4.32. The Balaban J connectivity index is 3.05. The van der Waals surface area contributed by atoms with Crippen LogP contribution in [0.15, 0.2) is 18.2 Å². The number of rotatable bonds is 4. The summed E-state index contributed by atoms with van der Waals surface area (Å²) in [5, 5.41) is 0. The Morgan fingerprint density at radius 2 is 2.20 bits per heavy atom. The zero-order chi connectivity index (χ0) is 11.4. The second kappa shape index (κ2) is 5.39. The molecular formula is C10H9F2IO2. The van der Waals surface area contributed by atoms with Crippen LogP contribution in [0.3, 0.4) is 0 Å². The van der Waals surface area contributed by atoms with Gasteiger partial charge in [-0.25, -0.2) is 0 Å². The Morgan fingerprint density at radius 1 is 1.53 bits per heavy atom. The van der Waals surface area contributed by atoms with Gasteiger partial charge in [-0.1, -0.05) is 19.1 Å². The van der Waals surface area contributed by atoms with Crippen LogP contribution in [0.4, 0.5) is 8.78 Å². The Hall–Kier alpha value is -0.720. The normalized spacial score (nSPS) is 10.5. The topological polar surface area (TPSA) is 26.3 Å². The minimum Gasteiger partial charge on any atom is -0.434 e. The number of halogens is 3. The average molecular weight is 326 g/mol. The first-order chi connectivity index (χ1) is 7.06. The van der Waals surface area contributed by atoms with Crippen molar-refractivity contribution in [2.24, 2.45) is 0 Å². The molecule has 0 aliphatic rings. The molecule has 0 bridgehead atoms. The maximum Gasteiger partial charge on any atom is 0.387 e. The number of ketones is 1. The van der Waals surface area contributed by atoms with E-state index < -0.39 is 6.61 Å². The van der Waals surface area contributed by atoms with E-state index in [0.717, 1.165) is 0 Å². The summed E-state index contributed by atoms with van der Waals surface area (Å²) in [5.74, 6) is -0.0379. The molecule has 1 aromatic rings. The highest BCUT2D eigenvalue weighted by Gasteiger charge is 2.14. The summed E-state index contributed by atoms with van der Waals surface area (Å²) in [6.07, 6.45) is 0.341. The number of Topliss-reactive ketones (excluding diaryl/α,β-unsaturated/α-hetero) is 1. The van der Waals surface area contributed by atoms with Crippen LogP contribution >= 0.6 is 22.6 Å². The van der Waals surface area contributed by atoms with Gasteiger partial charge in [-0.05, 0) is 28.7 Å². The van der Waals surface area contributed by atoms with E-state index in [0.29, 0.717) is 15.6 Å². The first-order valence-corrected chi connectivity index (χ1v) is 5.40. The number of hydrogen-bond donors (Lipinski definition) is 0. The fourth-order valence-electron chi connectivity index (χ4n) is 1.10. The first kappa shape index (κ1) is 12.4. The predicted octanol–water partition coefficient (Wildman–Crippen LogP) is 3.49. The lowest BCUT2D eigenvalue weighted by Gasteiger charge is -2.09. The molecule has 0 saturated carbocycles. The Kier molecular flexibility index (Phi) is 4.44. The molecule has 2 nitrogen and oxygen atoms in total. The molecule has 1 aromatic carbocycles. The van der Waals surface area contributed by atoms with Crippen molar-refractivity contribution in [2.45, 2.75) is 20.0 Å². The SMILES string of the molecule is CCC(=O)c1cccc(OC(F)F)c1I. The summed E-state index contributed by atoms with van der Waals surface area (Å²) >= 11 is 1.83. The van der Waals surface area contributed by atoms with Gasteiger partial charge in [-0.2, -0.15) is 8.78 Å². The third-order valence-electron chi connectivity index (χ3n) is 1.80. The smallest absolute Gasteiger partial charge is 0.387 e. The van der Waals surface area contributed by atoms with Crippen molar-refractivity contribution < 1.29 is 18.3 Å². The van der Waals surface area contributed by atoms with Gasteiger partial charge in [0.2, 0.25) is 0 Å². The highest BCUT2D eigenvalue weighted by atomic mass is 127. The van der Waals surface area contributed by atoms with Crippen LogP contribution in [0.5, 0.6) is 5.75 Å². The molecule has 0 saturated heterocycles. The fraction of sp³-hybridized carbons (Fsp3) is 0.300. The standard InChI is InChI=1S/C10H9F2IO2/c1-2-7(14)6-4-3-5-8(9(6)13)15-10(11)12/h3-5,10H,2H2,1H3. The molecule has 0 heterocycles. The van der Waals surface area contributed by atoms with Gasteiger partial charge in [-0.15, -0.1) is 0 Å². The summed E-state index contributed by atoms with van der Waals surface area (Å²) in [7, 11) is 0. The van der Waals surface area contributed by atoms with Gasteiger partial charge in [0, 0.05) is 12.0 Å². The summed E-state index contributed by atoms with van der Waals surface area (Å²) in [5.41, 5.74) is 0.427. The molecule has 0 spiro atoms. The summed E-state index contributed by atoms with van der Waals surface area (Å²) in [6, 6.07) is 4.55. The largest absolute Gasteiger partial charge is 0.434 e. The molecule has 0 amide bonds. The van der Waals surface area contributed by atoms with Crippen molar-refractivity contribution in [1.29, 1.82) is 0 Å². The van der Waals surface area contributed by atoms with Crippen LogP contribution in [0.1, 0.15) is 23.7 Å². The van der Waals surface area contributed by atoms with E-state index in [1.165, 1.54) is 12.1 Å². The van der Waals surface area contributed by atoms with Gasteiger partial charge in [0.1, 0.15) is 5.75 Å². The monoisotopic (exact) mass is 326 g/mol. The lowest BCUT2D eigenvalue weighted by molar-refractivity contribution is -0.0504. The van der Waals surface area contributed by atoms with E-state index in [2.05, 4.69) is 4.74 Å². The van der Waals surface area contributed by atoms with Crippen LogP contribution in [0, 0.1) is 3.57 Å². The van der Waals surface area contributed by atoms with E-state index in [9.17, 15) is 13.6 Å². The van der Waals surface area contributed by atoms with Crippen molar-refractivity contribution in [2.75, 3.05) is 0 Å². The van der Waals surface area contributed by atoms with Gasteiger partial charge in [0.15, 0.2) is 5.78 Å². The molecule has 0 atom stereocenters. The quantitative estimate of drug-likeness (QED) is 0.625. The molecule has 0 N–H and O–H groups in total. The van der Waals surface area contributed by atoms with Gasteiger partial charge in [0.25, 0.3) is 0 Å². The summed E-state index contributed by atoms with van der Waals surface area (Å²) in [6.45, 7) is -1.15. The van der Waals surface area contributed by atoms with Crippen LogP contribution < -0.4 is 4.74 Å². The lowest BCUT2D eigenvalue weighted by Crippen LogP contribution is -2.06. The second-order valence-electron chi connectivity index (χ2n) is 2.77. The maximum atomic E-state index is 12.0. The van der Waals surface area contributed by atoms with Crippen LogP contribution in [0.2, 0.25) is 0 Å². The van der Waals surface area contributed by atoms with Crippen molar-refractivity contribution in [3.8, 4) is 5.75 Å². The van der Waals surface area contributed by atoms with Crippen molar-refractivity contribution >= 4 is 28.4 Å². The van der Waals surface area contributed by atoms with Gasteiger partial charge in [-0.3, -0.25) is 4.79 Å². The Bertz CT molecular complexity index is 366. The molecule has 0 radical (unpaired) electrons. The minimum atomic E-state index is -2.87. The second-order valence-corrected chi connectivity index (χ2v) is 3.85. The third-order valence-corrected chi connectivity index (χ3v) is 2.91. The number of benzene rings is 1. The summed E-state index contributed by atoms with van der Waals surface area (Å²) in [4.78, 5) is 11.4. The molecule has 15 heavy (non-hydrogen) atoms. The van der Waals surface area contributed by atoms with Crippen LogP contribution in [-0.2, 0) is 0 Å². The number of alkyl halides is 2. The lowest BCUT2D eigenvalue weighted by atomic mass is 10.1. The van der Waals surface area contributed by atoms with Crippen molar-refractivity contribution in [1.82, 2.24) is 0 Å². The molecule has 0 unspecified atom stereocenters. The zero-order valence-corrected chi connectivity index (χ0v) is 10.1. The molecule has 1 rings (SSSR count). The van der Waals surface area contributed by atoms with Crippen molar-refractivity contribution in [3.05, 3.63) is 27.3 Å². The maximum absolute atomic E-state index is 12.0. The number of ether oxygens (including phenoxy) is 1. The van der Waals surface area contributed by atoms with E-state index >= 15 is 0 Å². The Morgan fingerprint density at radius 3 is 2.73 bits per heavy atom. The number of hydrogen-bond acceptors (Lipinski definition) is 2. The van der Waals surface area contributed by atoms with Gasteiger partial charge >= 0.3 is 6.61 Å². The highest BCUT2D eigenvalue weighted by Crippen LogP contribution is 2.26. The average Bonchev–Trinajstić information content (AvgIpc) is 2.19. The molecule has 0 aliphatic heterocycles. The molecular weight excluding hydrogens is 317 g/mol. The van der Waals surface area contributed by atoms with Gasteiger partial charge < -0.3 is 4.74 Å². The van der Waals surface area contributed by atoms with E-state index in [1.807, 2.05) is 22.6 Å². The third kappa shape index (κ3) is 3.12. The molecule has 0 aliphatic carbocycles. The molecule has 5 heteroatoms. The summed E-state index contributed by atoms with van der Waals surface area (Å²) < 4.78 is 28.7. The van der Waals surface area contributed by atoms with E-state index in [-0.39, 0.29) is 11.5 Å². The minimum absolute atomic E-state index is 0.0462. The molecule has 0 aromatic heterocycles. The predicted molar refractivity (Wildman–Crippen MR) is 60.4 cm³/mol. The van der Waals surface area contributed by atoms with Crippen LogP contribution in [0.25, 0.3) is 0 Å². The zero-order valence-electron chi connectivity index (χ0n) is 7.97. The van der Waals surface area contributed by atoms with Crippen LogP contribution in [-0.4, -0.2) is 12.4 Å². The van der Waals surface area contributed by atoms with Crippen molar-refractivity contribution in [3.63, 3.8) is 0 Å². The molecule has 82 valence electrons. The fourth-order valence-corrected chi connectivity index (χ4v) is 1.89. The Labute approximate surface area is 99.8 Å². The number of carbonyl (C=O) groups excluding carboxylic acids is 1. The van der Waals surface area contributed by atoms with E-state index in [1.54, 1.807) is 13.0 Å². The van der Waals surface area contributed by atoms with E-state index in [4.69, 9.17) is 0 Å². The highest BCUT2D eigenvalue weighted by molar-refractivity contribution is 14.1.